The molecule has 0 aliphatic rings. The van der Waals surface area contributed by atoms with Crippen LogP contribution in [-0.2, 0) is 19.4 Å². The van der Waals surface area contributed by atoms with Crippen molar-refractivity contribution in [2.45, 2.75) is 4.90 Å². The maximum atomic E-state index is 11.2. The monoisotopic (exact) mass is 327 g/mol. The largest absolute Gasteiger partial charge is 0.473 e. The molecule has 1 heterocycles. The van der Waals surface area contributed by atoms with E-state index in [0.717, 1.165) is 11.3 Å². The van der Waals surface area contributed by atoms with E-state index in [0.29, 0.717) is 10.7 Å². The molecular weight excluding hydrogens is 314 g/mol. The molecule has 0 bridgehead atoms. The third-order valence-corrected chi connectivity index (χ3v) is 3.50. The molecule has 0 amide bonds. The van der Waals surface area contributed by atoms with E-state index in [9.17, 15) is 8.42 Å². The van der Waals surface area contributed by atoms with Crippen LogP contribution in [0.3, 0.4) is 0 Å². The smallest absolute Gasteiger partial charge is 0.414 e. The van der Waals surface area contributed by atoms with Gasteiger partial charge in [0.15, 0.2) is 9.84 Å². The van der Waals surface area contributed by atoms with Crippen molar-refractivity contribution in [1.82, 2.24) is 10.2 Å². The van der Waals surface area contributed by atoms with E-state index in [-0.39, 0.29) is 0 Å². The molecule has 0 aliphatic heterocycles. The molecule has 0 saturated heterocycles. The Morgan fingerprint density at radius 2 is 1.64 bits per heavy atom. The van der Waals surface area contributed by atoms with Gasteiger partial charge in [-0.1, -0.05) is 12.1 Å². The minimum atomic E-state index is -3.15. The fourth-order valence-electron chi connectivity index (χ4n) is 1.37. The van der Waals surface area contributed by atoms with E-state index >= 15 is 0 Å². The van der Waals surface area contributed by atoms with Gasteiger partial charge in [-0.3, -0.25) is 5.10 Å². The van der Waals surface area contributed by atoms with Crippen LogP contribution in [0.2, 0.25) is 0 Å². The molecule has 0 spiro atoms. The van der Waals surface area contributed by atoms with Crippen LogP contribution in [0.15, 0.2) is 35.2 Å². The number of nitrogens with two attached hydrogens (primary N) is 1. The number of carbonyl (C=O) groups is 2. The Kier molecular flexibility index (Phi) is 5.24. The van der Waals surface area contributed by atoms with Crippen LogP contribution < -0.4 is 5.73 Å². The highest BCUT2D eigenvalue weighted by atomic mass is 32.2. The first-order valence-electron chi connectivity index (χ1n) is 5.69. The predicted molar refractivity (Wildman–Crippen MR) is 76.8 cm³/mol. The lowest BCUT2D eigenvalue weighted by Gasteiger charge is -2.00. The summed E-state index contributed by atoms with van der Waals surface area (Å²) in [6.07, 6.45) is 1.18. The number of hydrogen-bond donors (Lipinski definition) is 4. The number of anilines is 1. The normalized spacial score (nSPS) is 10.4. The Balaban J connectivity index is 0.000000346. The van der Waals surface area contributed by atoms with Gasteiger partial charge in [-0.05, 0) is 17.7 Å². The van der Waals surface area contributed by atoms with Gasteiger partial charge >= 0.3 is 11.9 Å². The molecule has 0 fully saturated rings. The third kappa shape index (κ3) is 4.90. The zero-order chi connectivity index (χ0) is 16.9. The molecule has 5 N–H and O–H groups in total. The first-order chi connectivity index (χ1) is 10.1. The van der Waals surface area contributed by atoms with Crippen LogP contribution in [-0.4, -0.2) is 47.0 Å². The molecule has 1 aromatic carbocycles. The maximum absolute atomic E-state index is 11.2. The molecule has 0 unspecified atom stereocenters. The van der Waals surface area contributed by atoms with E-state index in [1.807, 2.05) is 0 Å². The first-order valence-corrected chi connectivity index (χ1v) is 7.58. The lowest BCUT2D eigenvalue weighted by molar-refractivity contribution is -0.159. The predicted octanol–water partition coefficient (Wildman–Crippen LogP) is 0.218. The number of aliphatic carboxylic acids is 2. The van der Waals surface area contributed by atoms with Gasteiger partial charge in [-0.2, -0.15) is 5.10 Å². The van der Waals surface area contributed by atoms with Gasteiger partial charge < -0.3 is 15.9 Å². The molecule has 22 heavy (non-hydrogen) atoms. The maximum Gasteiger partial charge on any atom is 0.414 e. The zero-order valence-electron chi connectivity index (χ0n) is 11.3. The average Bonchev–Trinajstić information content (AvgIpc) is 2.85. The summed E-state index contributed by atoms with van der Waals surface area (Å²) in [4.78, 5) is 18.5. The fraction of sp³-hybridized carbons (Fsp3) is 0.0833. The number of carboxylic acids is 2. The fourth-order valence-corrected chi connectivity index (χ4v) is 2.00. The second kappa shape index (κ2) is 6.72. The molecule has 9 nitrogen and oxygen atoms in total. The van der Waals surface area contributed by atoms with Crippen LogP contribution in [0.25, 0.3) is 11.3 Å². The van der Waals surface area contributed by atoms with Crippen molar-refractivity contribution in [3.05, 3.63) is 30.3 Å². The Hall–Kier alpha value is -2.88. The van der Waals surface area contributed by atoms with Crippen LogP contribution in [0, 0.1) is 0 Å². The Bertz CT molecular complexity index is 767. The summed E-state index contributed by atoms with van der Waals surface area (Å²) in [5.74, 6) is -3.24. The van der Waals surface area contributed by atoms with Crippen LogP contribution in [0.5, 0.6) is 0 Å². The Morgan fingerprint density at radius 3 is 1.95 bits per heavy atom. The van der Waals surface area contributed by atoms with E-state index in [1.165, 1.54) is 6.26 Å². The average molecular weight is 327 g/mol. The van der Waals surface area contributed by atoms with Gasteiger partial charge in [-0.15, -0.1) is 0 Å². The summed E-state index contributed by atoms with van der Waals surface area (Å²) in [5.41, 5.74) is 7.08. The molecular formula is C12H13N3O6S. The highest BCUT2D eigenvalue weighted by Crippen LogP contribution is 2.20. The minimum absolute atomic E-state index is 0.295. The zero-order valence-corrected chi connectivity index (χ0v) is 12.2. The van der Waals surface area contributed by atoms with Gasteiger partial charge in [0.1, 0.15) is 5.82 Å². The van der Waals surface area contributed by atoms with E-state index in [2.05, 4.69) is 10.2 Å². The topological polar surface area (TPSA) is 163 Å². The number of carboxylic acid groups (broad SMARTS) is 2. The van der Waals surface area contributed by atoms with Gasteiger partial charge in [0.25, 0.3) is 0 Å². The Labute approximate surface area is 125 Å². The second-order valence-corrected chi connectivity index (χ2v) is 6.13. The van der Waals surface area contributed by atoms with E-state index < -0.39 is 21.8 Å². The van der Waals surface area contributed by atoms with Gasteiger partial charge in [-0.25, -0.2) is 18.0 Å². The lowest BCUT2D eigenvalue weighted by atomic mass is 10.1. The van der Waals surface area contributed by atoms with Crippen molar-refractivity contribution in [2.24, 2.45) is 0 Å². The van der Waals surface area contributed by atoms with Crippen molar-refractivity contribution >= 4 is 27.6 Å². The standard InChI is InChI=1S/C10H11N3O2S.C2H2O4/c1-16(14,15)8-4-2-7(3-5-8)9-6-10(11)13-12-9;3-1(4)2(5)6/h2-6H,1H3,(H3,11,12,13);(H,3,4)(H,5,6). The van der Waals surface area contributed by atoms with Crippen LogP contribution in [0.4, 0.5) is 5.82 Å². The number of aromatic nitrogens is 2. The number of hydrogen-bond acceptors (Lipinski definition) is 6. The molecule has 1 aromatic heterocycles. The number of nitrogens with zero attached hydrogens (tertiary/aromatic N) is 1. The number of rotatable bonds is 2. The molecule has 2 aromatic rings. The molecule has 10 heteroatoms. The number of nitrogens with one attached hydrogen (secondary N) is 1. The quantitative estimate of drug-likeness (QED) is 0.569. The summed E-state index contributed by atoms with van der Waals surface area (Å²) in [6, 6.07) is 8.23. The molecule has 0 atom stereocenters. The molecule has 2 rings (SSSR count). The van der Waals surface area contributed by atoms with Crippen molar-refractivity contribution in [1.29, 1.82) is 0 Å². The SMILES string of the molecule is CS(=O)(=O)c1ccc(-c2cc(N)n[nH]2)cc1.O=C(O)C(=O)O. The van der Waals surface area contributed by atoms with Gasteiger partial charge in [0, 0.05) is 12.3 Å². The number of sulfone groups is 1. The Morgan fingerprint density at radius 1 is 1.14 bits per heavy atom. The first kappa shape index (κ1) is 17.2. The van der Waals surface area contributed by atoms with Gasteiger partial charge in [0.2, 0.25) is 0 Å². The highest BCUT2D eigenvalue weighted by molar-refractivity contribution is 7.90. The third-order valence-electron chi connectivity index (χ3n) is 2.37. The summed E-state index contributed by atoms with van der Waals surface area (Å²) in [7, 11) is -3.15. The summed E-state index contributed by atoms with van der Waals surface area (Å²) in [6.45, 7) is 0. The number of nitrogen functional groups attached to an aromatic ring is 1. The van der Waals surface area contributed by atoms with Crippen LogP contribution >= 0.6 is 0 Å². The van der Waals surface area contributed by atoms with Crippen molar-refractivity contribution in [2.75, 3.05) is 12.0 Å². The van der Waals surface area contributed by atoms with Crippen molar-refractivity contribution in [3.8, 4) is 11.3 Å². The lowest BCUT2D eigenvalue weighted by Crippen LogP contribution is -2.09. The highest BCUT2D eigenvalue weighted by Gasteiger charge is 2.07. The van der Waals surface area contributed by atoms with Crippen molar-refractivity contribution in [3.63, 3.8) is 0 Å². The summed E-state index contributed by atoms with van der Waals surface area (Å²) < 4.78 is 22.5. The molecule has 0 aliphatic carbocycles. The number of aromatic amines is 1. The van der Waals surface area contributed by atoms with E-state index in [1.54, 1.807) is 30.3 Å². The number of H-pyrrole nitrogens is 1. The van der Waals surface area contributed by atoms with Crippen molar-refractivity contribution < 1.29 is 28.2 Å². The minimum Gasteiger partial charge on any atom is -0.473 e. The molecule has 0 saturated carbocycles. The molecule has 118 valence electrons. The second-order valence-electron chi connectivity index (χ2n) is 4.11. The van der Waals surface area contributed by atoms with Gasteiger partial charge in [0.05, 0.1) is 10.6 Å². The molecule has 0 radical (unpaired) electrons. The van der Waals surface area contributed by atoms with E-state index in [4.69, 9.17) is 25.5 Å². The number of benzene rings is 1. The summed E-state index contributed by atoms with van der Waals surface area (Å²) >= 11 is 0. The van der Waals surface area contributed by atoms with Crippen LogP contribution in [0.1, 0.15) is 0 Å². The summed E-state index contributed by atoms with van der Waals surface area (Å²) in [5, 5.41) is 21.3.